The molecule has 2 amide bonds. The molecular weight excluding hydrogens is 795 g/mol. The predicted octanol–water partition coefficient (Wildman–Crippen LogP) is 9.93. The molecule has 59 heavy (non-hydrogen) atoms. The Hall–Kier alpha value is -3.74. The van der Waals surface area contributed by atoms with Crippen molar-refractivity contribution < 1.29 is 38.1 Å². The van der Waals surface area contributed by atoms with Gasteiger partial charge in [0, 0.05) is 38.6 Å². The SMILES string of the molecule is CNc1cccc(C(CC(=O)OC)CC2CCNCC2)c1.COC(=O)CC(CC1CCN(C(=O)OC(C)(C)C)CC1)c1cccc(N(C)C(=O)OC(C)(C)C)c1.ClCCl. The number of carbonyl (C=O) groups excluding carboxylic acids is 4. The smallest absolute Gasteiger partial charge is 0.414 e. The van der Waals surface area contributed by atoms with Gasteiger partial charge in [-0.3, -0.25) is 14.5 Å². The number of esters is 2. The molecule has 0 saturated carbocycles. The van der Waals surface area contributed by atoms with Crippen molar-refractivity contribution in [2.75, 3.05) is 70.0 Å². The fourth-order valence-electron chi connectivity index (χ4n) is 7.21. The molecule has 2 unspecified atom stereocenters. The zero-order valence-corrected chi connectivity index (χ0v) is 38.5. The molecule has 0 radical (unpaired) electrons. The summed E-state index contributed by atoms with van der Waals surface area (Å²) < 4.78 is 20.8. The highest BCUT2D eigenvalue weighted by molar-refractivity contribution is 6.40. The van der Waals surface area contributed by atoms with Crippen LogP contribution in [0, 0.1) is 11.8 Å². The van der Waals surface area contributed by atoms with Gasteiger partial charge in [0.05, 0.1) is 32.4 Å². The fraction of sp³-hybridized carbons (Fsp3) is 0.644. The number of rotatable bonds is 12. The average Bonchev–Trinajstić information content (AvgIpc) is 3.20. The number of nitrogens with one attached hydrogen (secondary N) is 2. The number of hydrogen-bond acceptors (Lipinski definition) is 10. The van der Waals surface area contributed by atoms with Crippen molar-refractivity contribution in [1.82, 2.24) is 10.2 Å². The Labute approximate surface area is 363 Å². The third-order valence-corrected chi connectivity index (χ3v) is 10.3. The first kappa shape index (κ1) is 51.4. The number of hydrogen-bond donors (Lipinski definition) is 2. The number of likely N-dealkylation sites (tertiary alicyclic amines) is 1. The third kappa shape index (κ3) is 19.9. The highest BCUT2D eigenvalue weighted by atomic mass is 35.5. The van der Waals surface area contributed by atoms with Crippen molar-refractivity contribution in [3.63, 3.8) is 0 Å². The van der Waals surface area contributed by atoms with Gasteiger partial charge in [-0.15, -0.1) is 23.2 Å². The van der Waals surface area contributed by atoms with Crippen LogP contribution in [0.25, 0.3) is 0 Å². The van der Waals surface area contributed by atoms with E-state index in [1.807, 2.05) is 85.0 Å². The van der Waals surface area contributed by atoms with E-state index in [9.17, 15) is 19.2 Å². The minimum Gasteiger partial charge on any atom is -0.469 e. The van der Waals surface area contributed by atoms with Crippen LogP contribution in [0.2, 0.25) is 0 Å². The topological polar surface area (TPSA) is 136 Å². The largest absolute Gasteiger partial charge is 0.469 e. The van der Waals surface area contributed by atoms with Gasteiger partial charge in [0.2, 0.25) is 0 Å². The Morgan fingerprint density at radius 1 is 0.780 bits per heavy atom. The Morgan fingerprint density at radius 3 is 1.73 bits per heavy atom. The molecule has 2 N–H and O–H groups in total. The first-order valence-electron chi connectivity index (χ1n) is 20.6. The number of benzene rings is 2. The second-order valence-electron chi connectivity index (χ2n) is 17.1. The molecule has 12 nitrogen and oxygen atoms in total. The Kier molecular flexibility index (Phi) is 22.5. The predicted molar refractivity (Wildman–Crippen MR) is 238 cm³/mol. The number of carbonyl (C=O) groups is 4. The molecule has 2 aromatic rings. The quantitative estimate of drug-likeness (QED) is 0.121. The van der Waals surface area contributed by atoms with Crippen molar-refractivity contribution in [3.05, 3.63) is 59.7 Å². The molecule has 2 heterocycles. The fourth-order valence-corrected chi connectivity index (χ4v) is 7.21. The molecule has 2 aliphatic rings. The number of nitrogens with zero attached hydrogens (tertiary/aromatic N) is 2. The summed E-state index contributed by atoms with van der Waals surface area (Å²) in [7, 11) is 6.45. The van der Waals surface area contributed by atoms with E-state index in [0.717, 1.165) is 50.0 Å². The highest BCUT2D eigenvalue weighted by Crippen LogP contribution is 2.35. The lowest BCUT2D eigenvalue weighted by atomic mass is 9.82. The number of alkyl halides is 2. The summed E-state index contributed by atoms with van der Waals surface area (Å²) in [4.78, 5) is 52.1. The van der Waals surface area contributed by atoms with Gasteiger partial charge in [0.1, 0.15) is 11.2 Å². The number of anilines is 2. The average molecular weight is 866 g/mol. The van der Waals surface area contributed by atoms with E-state index in [-0.39, 0.29) is 41.6 Å². The Bertz CT molecular complexity index is 1580. The Balaban J connectivity index is 0.000000423. The van der Waals surface area contributed by atoms with E-state index in [4.69, 9.17) is 42.1 Å². The van der Waals surface area contributed by atoms with Crippen LogP contribution in [0.1, 0.15) is 116 Å². The van der Waals surface area contributed by atoms with Crippen molar-refractivity contribution in [1.29, 1.82) is 0 Å². The zero-order valence-electron chi connectivity index (χ0n) is 37.0. The van der Waals surface area contributed by atoms with E-state index in [0.29, 0.717) is 37.0 Å². The number of piperidine rings is 2. The van der Waals surface area contributed by atoms with E-state index >= 15 is 0 Å². The zero-order chi connectivity index (χ0) is 44.2. The third-order valence-electron chi connectivity index (χ3n) is 10.3. The van der Waals surface area contributed by atoms with Gasteiger partial charge < -0.3 is 34.5 Å². The first-order valence-corrected chi connectivity index (χ1v) is 21.7. The summed E-state index contributed by atoms with van der Waals surface area (Å²) in [6.45, 7) is 14.5. The lowest BCUT2D eigenvalue weighted by molar-refractivity contribution is -0.142. The molecule has 2 fully saturated rings. The maximum Gasteiger partial charge on any atom is 0.414 e. The molecule has 2 aliphatic heterocycles. The van der Waals surface area contributed by atoms with Gasteiger partial charge >= 0.3 is 24.1 Å². The molecular formula is C45H70Cl2N4O8. The van der Waals surface area contributed by atoms with Crippen LogP contribution < -0.4 is 15.5 Å². The lowest BCUT2D eigenvalue weighted by Crippen LogP contribution is -2.42. The van der Waals surface area contributed by atoms with Gasteiger partial charge in [0.25, 0.3) is 0 Å². The summed E-state index contributed by atoms with van der Waals surface area (Å²) in [5.41, 5.74) is 2.88. The highest BCUT2D eigenvalue weighted by Gasteiger charge is 2.30. The van der Waals surface area contributed by atoms with E-state index in [1.165, 1.54) is 37.5 Å². The number of halogens is 2. The minimum absolute atomic E-state index is 0.0625. The summed E-state index contributed by atoms with van der Waals surface area (Å²) >= 11 is 9.53. The molecule has 4 rings (SSSR count). The summed E-state index contributed by atoms with van der Waals surface area (Å²) in [6, 6.07) is 16.0. The monoisotopic (exact) mass is 864 g/mol. The van der Waals surface area contributed by atoms with Crippen LogP contribution in [0.15, 0.2) is 48.5 Å². The van der Waals surface area contributed by atoms with Crippen molar-refractivity contribution in [2.24, 2.45) is 11.8 Å². The molecule has 2 saturated heterocycles. The summed E-state index contributed by atoms with van der Waals surface area (Å²) in [5.74, 6) is 0.840. The standard InChI is InChI=1S/C27H42N2O6.C17H26N2O2.CH2Cl2/c1-26(2,3)34-24(31)28(7)22-11-9-10-20(17-22)21(18-23(30)33-8)16-19-12-14-29(15-13-19)25(32)35-27(4,5)6;1-18-16-5-3-4-14(11-16)15(12-17(20)21-2)10-13-6-8-19-9-7-13;2-1-3/h9-11,17,19,21H,12-16,18H2,1-8H3;3-5,11,13,15,18-19H,6-10,12H2,1-2H3;1H2. The number of ether oxygens (including phenoxy) is 4. The van der Waals surface area contributed by atoms with Gasteiger partial charge in [-0.05, 0) is 152 Å². The van der Waals surface area contributed by atoms with Crippen LogP contribution >= 0.6 is 23.2 Å². The molecule has 14 heteroatoms. The maximum atomic E-state index is 12.5. The first-order chi connectivity index (χ1) is 27.8. The molecule has 0 spiro atoms. The number of amides is 2. The summed E-state index contributed by atoms with van der Waals surface area (Å²) in [6.07, 6.45) is 5.93. The van der Waals surface area contributed by atoms with Crippen molar-refractivity contribution >= 4 is 58.7 Å². The van der Waals surface area contributed by atoms with Crippen LogP contribution in [0.5, 0.6) is 0 Å². The van der Waals surface area contributed by atoms with E-state index in [1.54, 1.807) is 11.9 Å². The number of methoxy groups -OCH3 is 2. The molecule has 0 bridgehead atoms. The van der Waals surface area contributed by atoms with Gasteiger partial charge in [0.15, 0.2) is 0 Å². The second-order valence-corrected chi connectivity index (χ2v) is 17.9. The van der Waals surface area contributed by atoms with Crippen LogP contribution in [-0.4, -0.2) is 100 Å². The second kappa shape index (κ2) is 25.8. The van der Waals surface area contributed by atoms with Gasteiger partial charge in [-0.1, -0.05) is 24.3 Å². The normalized spacial score (nSPS) is 15.8. The molecule has 2 atom stereocenters. The summed E-state index contributed by atoms with van der Waals surface area (Å²) in [5, 5.41) is 6.76. The molecule has 2 aromatic carbocycles. The molecule has 332 valence electrons. The maximum absolute atomic E-state index is 12.5. The van der Waals surface area contributed by atoms with Crippen molar-refractivity contribution in [3.8, 4) is 0 Å². The molecule has 0 aromatic heterocycles. The Morgan fingerprint density at radius 2 is 1.25 bits per heavy atom. The van der Waals surface area contributed by atoms with Gasteiger partial charge in [-0.25, -0.2) is 9.59 Å². The minimum atomic E-state index is -0.593. The van der Waals surface area contributed by atoms with E-state index < -0.39 is 17.3 Å². The van der Waals surface area contributed by atoms with Crippen LogP contribution in [0.3, 0.4) is 0 Å². The molecule has 0 aliphatic carbocycles. The van der Waals surface area contributed by atoms with Crippen molar-refractivity contribution in [2.45, 2.75) is 116 Å². The lowest BCUT2D eigenvalue weighted by Gasteiger charge is -2.34. The van der Waals surface area contributed by atoms with E-state index in [2.05, 4.69) is 22.8 Å². The van der Waals surface area contributed by atoms with Crippen LogP contribution in [0.4, 0.5) is 21.0 Å². The van der Waals surface area contributed by atoms with Crippen LogP contribution in [-0.2, 0) is 28.5 Å². The van der Waals surface area contributed by atoms with Gasteiger partial charge in [-0.2, -0.15) is 0 Å².